The predicted octanol–water partition coefficient (Wildman–Crippen LogP) is 0.417. The first kappa shape index (κ1) is 11.3. The van der Waals surface area contributed by atoms with E-state index in [1.807, 2.05) is 12.1 Å². The average Bonchev–Trinajstić information content (AvgIpc) is 2.90. The number of carbonyl (C=O) groups is 1. The number of amides is 1. The van der Waals surface area contributed by atoms with Crippen molar-refractivity contribution in [2.45, 2.75) is 13.0 Å². The summed E-state index contributed by atoms with van der Waals surface area (Å²) in [7, 11) is 0. The molecule has 0 aromatic carbocycles. The second-order valence-electron chi connectivity index (χ2n) is 3.65. The summed E-state index contributed by atoms with van der Waals surface area (Å²) in [5.74, 6) is 0.758. The molecule has 0 radical (unpaired) electrons. The van der Waals surface area contributed by atoms with Gasteiger partial charge in [-0.25, -0.2) is 0 Å². The van der Waals surface area contributed by atoms with Crippen LogP contribution < -0.4 is 11.1 Å². The summed E-state index contributed by atoms with van der Waals surface area (Å²) in [5, 5.41) is 6.70. The Morgan fingerprint density at radius 3 is 3.12 bits per heavy atom. The maximum atomic E-state index is 11.5. The van der Waals surface area contributed by atoms with Crippen LogP contribution in [0.5, 0.6) is 0 Å². The number of carbonyl (C=O) groups excluding carboxylic acids is 1. The maximum absolute atomic E-state index is 11.5. The molecule has 2 aromatic heterocycles. The van der Waals surface area contributed by atoms with E-state index >= 15 is 0 Å². The molecule has 6 heteroatoms. The van der Waals surface area contributed by atoms with Crippen LogP contribution in [0.2, 0.25) is 0 Å². The number of aromatic nitrogens is 2. The first-order chi connectivity index (χ1) is 8.24. The minimum absolute atomic E-state index is 0.0975. The molecule has 0 spiro atoms. The van der Waals surface area contributed by atoms with Crippen molar-refractivity contribution in [3.63, 3.8) is 0 Å². The Kier molecular flexibility index (Phi) is 3.44. The van der Waals surface area contributed by atoms with Gasteiger partial charge in [-0.05, 0) is 12.1 Å². The standard InChI is InChI=1S/C11H14N4O2/c12-9-6-14-15(7-9)8-11(16)13-4-3-10-2-1-5-17-10/h1-2,5-7H,3-4,8,12H2,(H,13,16). The van der Waals surface area contributed by atoms with Gasteiger partial charge < -0.3 is 15.5 Å². The second kappa shape index (κ2) is 5.20. The third-order valence-electron chi connectivity index (χ3n) is 2.23. The molecule has 17 heavy (non-hydrogen) atoms. The fourth-order valence-corrected chi connectivity index (χ4v) is 1.45. The van der Waals surface area contributed by atoms with E-state index in [1.165, 1.54) is 10.9 Å². The van der Waals surface area contributed by atoms with Gasteiger partial charge in [0, 0.05) is 19.2 Å². The smallest absolute Gasteiger partial charge is 0.241 e. The molecular formula is C11H14N4O2. The van der Waals surface area contributed by atoms with Gasteiger partial charge in [0.1, 0.15) is 12.3 Å². The number of nitrogens with one attached hydrogen (secondary N) is 1. The van der Waals surface area contributed by atoms with E-state index in [-0.39, 0.29) is 12.5 Å². The lowest BCUT2D eigenvalue weighted by molar-refractivity contribution is -0.121. The van der Waals surface area contributed by atoms with Crippen LogP contribution in [0.15, 0.2) is 35.2 Å². The highest BCUT2D eigenvalue weighted by Crippen LogP contribution is 2.00. The molecule has 0 bridgehead atoms. The summed E-state index contributed by atoms with van der Waals surface area (Å²) in [6, 6.07) is 3.70. The Morgan fingerprint density at radius 2 is 2.47 bits per heavy atom. The van der Waals surface area contributed by atoms with Crippen molar-refractivity contribution < 1.29 is 9.21 Å². The van der Waals surface area contributed by atoms with Crippen LogP contribution in [0, 0.1) is 0 Å². The van der Waals surface area contributed by atoms with Gasteiger partial charge in [-0.3, -0.25) is 9.48 Å². The molecule has 0 saturated carbocycles. The first-order valence-corrected chi connectivity index (χ1v) is 5.31. The van der Waals surface area contributed by atoms with E-state index in [0.717, 1.165) is 5.76 Å². The summed E-state index contributed by atoms with van der Waals surface area (Å²) < 4.78 is 6.65. The summed E-state index contributed by atoms with van der Waals surface area (Å²) in [5.41, 5.74) is 6.04. The molecule has 2 heterocycles. The van der Waals surface area contributed by atoms with Crippen LogP contribution in [0.4, 0.5) is 5.69 Å². The first-order valence-electron chi connectivity index (χ1n) is 5.31. The normalized spacial score (nSPS) is 10.4. The molecule has 0 aliphatic rings. The molecule has 0 unspecified atom stereocenters. The Hall–Kier alpha value is -2.24. The van der Waals surface area contributed by atoms with Gasteiger partial charge in [-0.2, -0.15) is 5.10 Å². The van der Waals surface area contributed by atoms with Crippen LogP contribution in [-0.4, -0.2) is 22.2 Å². The SMILES string of the molecule is Nc1cnn(CC(=O)NCCc2ccco2)c1. The van der Waals surface area contributed by atoms with E-state index in [1.54, 1.807) is 12.5 Å². The Balaban J connectivity index is 1.71. The maximum Gasteiger partial charge on any atom is 0.241 e. The number of nitrogen functional groups attached to an aromatic ring is 1. The number of anilines is 1. The van der Waals surface area contributed by atoms with Crippen LogP contribution in [0.25, 0.3) is 0 Å². The predicted molar refractivity (Wildman–Crippen MR) is 62.1 cm³/mol. The number of hydrogen-bond acceptors (Lipinski definition) is 4. The van der Waals surface area contributed by atoms with Crippen molar-refractivity contribution >= 4 is 11.6 Å². The number of hydrogen-bond donors (Lipinski definition) is 2. The topological polar surface area (TPSA) is 86.1 Å². The van der Waals surface area contributed by atoms with Gasteiger partial charge in [-0.1, -0.05) is 0 Å². The second-order valence-corrected chi connectivity index (χ2v) is 3.65. The van der Waals surface area contributed by atoms with Crippen molar-refractivity contribution in [1.29, 1.82) is 0 Å². The number of furan rings is 1. The minimum atomic E-state index is -0.0975. The summed E-state index contributed by atoms with van der Waals surface area (Å²) >= 11 is 0. The minimum Gasteiger partial charge on any atom is -0.469 e. The third-order valence-corrected chi connectivity index (χ3v) is 2.23. The average molecular weight is 234 g/mol. The fraction of sp³-hybridized carbons (Fsp3) is 0.273. The van der Waals surface area contributed by atoms with E-state index in [9.17, 15) is 4.79 Å². The zero-order chi connectivity index (χ0) is 12.1. The van der Waals surface area contributed by atoms with E-state index in [0.29, 0.717) is 18.7 Å². The molecule has 6 nitrogen and oxygen atoms in total. The molecule has 0 saturated heterocycles. The lowest BCUT2D eigenvalue weighted by Crippen LogP contribution is -2.29. The van der Waals surface area contributed by atoms with E-state index in [2.05, 4.69) is 10.4 Å². The molecule has 0 aliphatic carbocycles. The molecule has 2 aromatic rings. The van der Waals surface area contributed by atoms with Crippen LogP contribution in [0.3, 0.4) is 0 Å². The van der Waals surface area contributed by atoms with Gasteiger partial charge in [0.15, 0.2) is 0 Å². The fourth-order valence-electron chi connectivity index (χ4n) is 1.45. The van der Waals surface area contributed by atoms with Gasteiger partial charge >= 0.3 is 0 Å². The van der Waals surface area contributed by atoms with Crippen molar-refractivity contribution in [2.24, 2.45) is 0 Å². The summed E-state index contributed by atoms with van der Waals surface area (Å²) in [6.07, 6.45) is 5.42. The third kappa shape index (κ3) is 3.37. The number of nitrogens with two attached hydrogens (primary N) is 1. The van der Waals surface area contributed by atoms with Crippen molar-refractivity contribution in [3.05, 3.63) is 36.5 Å². The van der Waals surface area contributed by atoms with Crippen LogP contribution in [0.1, 0.15) is 5.76 Å². The Labute approximate surface area is 98.4 Å². The zero-order valence-corrected chi connectivity index (χ0v) is 9.30. The largest absolute Gasteiger partial charge is 0.469 e. The quantitative estimate of drug-likeness (QED) is 0.784. The molecule has 1 amide bonds. The van der Waals surface area contributed by atoms with E-state index in [4.69, 9.17) is 10.2 Å². The highest BCUT2D eigenvalue weighted by molar-refractivity contribution is 5.75. The highest BCUT2D eigenvalue weighted by atomic mass is 16.3. The van der Waals surface area contributed by atoms with Gasteiger partial charge in [0.05, 0.1) is 18.1 Å². The molecular weight excluding hydrogens is 220 g/mol. The van der Waals surface area contributed by atoms with E-state index < -0.39 is 0 Å². The monoisotopic (exact) mass is 234 g/mol. The van der Waals surface area contributed by atoms with Crippen molar-refractivity contribution in [2.75, 3.05) is 12.3 Å². The lowest BCUT2D eigenvalue weighted by Gasteiger charge is -2.03. The van der Waals surface area contributed by atoms with Gasteiger partial charge in [0.25, 0.3) is 0 Å². The van der Waals surface area contributed by atoms with Crippen molar-refractivity contribution in [3.8, 4) is 0 Å². The Bertz CT molecular complexity index is 475. The molecule has 0 aliphatic heterocycles. The van der Waals surface area contributed by atoms with Gasteiger partial charge in [-0.15, -0.1) is 0 Å². The van der Waals surface area contributed by atoms with Crippen LogP contribution >= 0.6 is 0 Å². The summed E-state index contributed by atoms with van der Waals surface area (Å²) in [4.78, 5) is 11.5. The molecule has 2 rings (SSSR count). The molecule has 0 atom stereocenters. The van der Waals surface area contributed by atoms with Crippen molar-refractivity contribution in [1.82, 2.24) is 15.1 Å². The molecule has 90 valence electrons. The molecule has 3 N–H and O–H groups in total. The Morgan fingerprint density at radius 1 is 1.59 bits per heavy atom. The van der Waals surface area contributed by atoms with Gasteiger partial charge in [0.2, 0.25) is 5.91 Å². The van der Waals surface area contributed by atoms with Crippen LogP contribution in [-0.2, 0) is 17.8 Å². The number of nitrogens with zero attached hydrogens (tertiary/aromatic N) is 2. The lowest BCUT2D eigenvalue weighted by atomic mass is 10.3. The zero-order valence-electron chi connectivity index (χ0n) is 9.30. The molecule has 0 fully saturated rings. The number of rotatable bonds is 5. The summed E-state index contributed by atoms with van der Waals surface area (Å²) in [6.45, 7) is 0.721. The highest BCUT2D eigenvalue weighted by Gasteiger charge is 2.03.